The van der Waals surface area contributed by atoms with Crippen LogP contribution in [0.2, 0.25) is 0 Å². The Morgan fingerprint density at radius 3 is 2.41 bits per heavy atom. The molecule has 2 saturated heterocycles. The molecule has 3 fully saturated rings. The second-order valence-corrected chi connectivity index (χ2v) is 8.56. The van der Waals surface area contributed by atoms with Crippen LogP contribution in [-0.4, -0.2) is 60.7 Å². The normalized spacial score (nSPS) is 22.6. The Balaban J connectivity index is 1.11. The van der Waals surface area contributed by atoms with Gasteiger partial charge in [-0.05, 0) is 63.7 Å². The molecule has 0 aromatic heterocycles. The largest absolute Gasteiger partial charge is 0.487 e. The minimum Gasteiger partial charge on any atom is -0.487 e. The summed E-state index contributed by atoms with van der Waals surface area (Å²) in [5.74, 6) is 1.52. The van der Waals surface area contributed by atoms with Gasteiger partial charge in [-0.1, -0.05) is 30.5 Å². The van der Waals surface area contributed by atoms with Crippen molar-refractivity contribution < 1.29 is 9.53 Å². The first-order valence-corrected chi connectivity index (χ1v) is 10.7. The number of likely N-dealkylation sites (tertiary alicyclic amines) is 2. The average molecular weight is 372 g/mol. The standard InChI is InChI=1S/C22H33N3O2/c1-17-6-8-20(9-7-17)27-21-15-25(16-21)22(26)23-14-18-10-12-24(13-11-18)19-4-2-3-5-19/h6-9,18-19,21H,2-5,10-16H2,1H3,(H,23,26). The average Bonchev–Trinajstić information content (AvgIpc) is 3.19. The minimum absolute atomic E-state index is 0.0666. The van der Waals surface area contributed by atoms with Gasteiger partial charge in [0.1, 0.15) is 11.9 Å². The summed E-state index contributed by atoms with van der Waals surface area (Å²) in [6.45, 7) is 6.66. The van der Waals surface area contributed by atoms with Crippen LogP contribution in [0.15, 0.2) is 24.3 Å². The summed E-state index contributed by atoms with van der Waals surface area (Å²) in [4.78, 5) is 16.9. The number of aryl methyl sites for hydroxylation is 1. The van der Waals surface area contributed by atoms with Crippen LogP contribution in [-0.2, 0) is 0 Å². The highest BCUT2D eigenvalue weighted by Gasteiger charge is 2.33. The second-order valence-electron chi connectivity index (χ2n) is 8.56. The number of carbonyl (C=O) groups is 1. The third-order valence-electron chi connectivity index (χ3n) is 6.49. The van der Waals surface area contributed by atoms with Gasteiger partial charge < -0.3 is 19.9 Å². The van der Waals surface area contributed by atoms with Crippen LogP contribution in [0.4, 0.5) is 4.79 Å². The van der Waals surface area contributed by atoms with E-state index in [1.165, 1.54) is 57.2 Å². The van der Waals surface area contributed by atoms with Gasteiger partial charge in [0.15, 0.2) is 0 Å². The molecule has 2 heterocycles. The zero-order chi connectivity index (χ0) is 18.6. The number of hydrogen-bond acceptors (Lipinski definition) is 3. The van der Waals surface area contributed by atoms with E-state index >= 15 is 0 Å². The molecule has 0 spiro atoms. The first-order valence-electron chi connectivity index (χ1n) is 10.7. The van der Waals surface area contributed by atoms with Crippen LogP contribution in [0.3, 0.4) is 0 Å². The van der Waals surface area contributed by atoms with E-state index in [2.05, 4.69) is 29.3 Å². The molecule has 148 valence electrons. The van der Waals surface area contributed by atoms with E-state index in [0.717, 1.165) is 18.3 Å². The van der Waals surface area contributed by atoms with Crippen LogP contribution in [0, 0.1) is 12.8 Å². The van der Waals surface area contributed by atoms with Gasteiger partial charge in [-0.3, -0.25) is 0 Å². The molecule has 27 heavy (non-hydrogen) atoms. The van der Waals surface area contributed by atoms with Gasteiger partial charge in [-0.15, -0.1) is 0 Å². The van der Waals surface area contributed by atoms with E-state index in [4.69, 9.17) is 4.74 Å². The maximum absolute atomic E-state index is 12.3. The van der Waals surface area contributed by atoms with Crippen LogP contribution in [0.25, 0.3) is 0 Å². The van der Waals surface area contributed by atoms with Crippen molar-refractivity contribution in [1.29, 1.82) is 0 Å². The first kappa shape index (κ1) is 18.6. The number of nitrogens with zero attached hydrogens (tertiary/aromatic N) is 2. The summed E-state index contributed by atoms with van der Waals surface area (Å²) in [6.07, 6.45) is 8.15. The van der Waals surface area contributed by atoms with Gasteiger partial charge in [0.2, 0.25) is 0 Å². The summed E-state index contributed by atoms with van der Waals surface area (Å²) in [5.41, 5.74) is 1.23. The zero-order valence-corrected chi connectivity index (χ0v) is 16.5. The monoisotopic (exact) mass is 371 g/mol. The molecular formula is C22H33N3O2. The third kappa shape index (κ3) is 4.75. The summed E-state index contributed by atoms with van der Waals surface area (Å²) in [6, 6.07) is 9.00. The van der Waals surface area contributed by atoms with Gasteiger partial charge in [0, 0.05) is 12.6 Å². The number of carbonyl (C=O) groups excluding carboxylic acids is 1. The van der Waals surface area contributed by atoms with E-state index in [0.29, 0.717) is 19.0 Å². The summed E-state index contributed by atoms with van der Waals surface area (Å²) in [7, 11) is 0. The zero-order valence-electron chi connectivity index (χ0n) is 16.5. The quantitative estimate of drug-likeness (QED) is 0.863. The van der Waals surface area contributed by atoms with Gasteiger partial charge in [-0.25, -0.2) is 4.79 Å². The van der Waals surface area contributed by atoms with E-state index in [1.54, 1.807) is 0 Å². The lowest BCUT2D eigenvalue weighted by molar-refractivity contribution is 0.0436. The Bertz CT molecular complexity index is 613. The molecule has 0 atom stereocenters. The lowest BCUT2D eigenvalue weighted by atomic mass is 9.95. The van der Waals surface area contributed by atoms with Gasteiger partial charge in [-0.2, -0.15) is 0 Å². The van der Waals surface area contributed by atoms with Crippen LogP contribution in [0.5, 0.6) is 5.75 Å². The van der Waals surface area contributed by atoms with Gasteiger partial charge in [0.05, 0.1) is 13.1 Å². The van der Waals surface area contributed by atoms with Crippen LogP contribution < -0.4 is 10.1 Å². The van der Waals surface area contributed by atoms with E-state index in [9.17, 15) is 4.79 Å². The molecule has 1 saturated carbocycles. The van der Waals surface area contributed by atoms with Crippen LogP contribution >= 0.6 is 0 Å². The summed E-state index contributed by atoms with van der Waals surface area (Å²) < 4.78 is 5.91. The predicted octanol–water partition coefficient (Wildman–Crippen LogP) is 3.42. The number of ether oxygens (including phenoxy) is 1. The molecule has 4 rings (SSSR count). The van der Waals surface area contributed by atoms with Crippen molar-refractivity contribution in [3.8, 4) is 5.75 Å². The molecule has 3 aliphatic rings. The lowest BCUT2D eigenvalue weighted by Crippen LogP contribution is -2.59. The Morgan fingerprint density at radius 2 is 1.74 bits per heavy atom. The Morgan fingerprint density at radius 1 is 1.07 bits per heavy atom. The molecule has 0 unspecified atom stereocenters. The second kappa shape index (κ2) is 8.51. The summed E-state index contributed by atoms with van der Waals surface area (Å²) in [5, 5.41) is 3.14. The predicted molar refractivity (Wildman–Crippen MR) is 107 cm³/mol. The van der Waals surface area contributed by atoms with Crippen molar-refractivity contribution in [1.82, 2.24) is 15.1 Å². The molecule has 1 aromatic rings. The molecule has 5 nitrogen and oxygen atoms in total. The van der Waals surface area contributed by atoms with E-state index in [-0.39, 0.29) is 12.1 Å². The van der Waals surface area contributed by atoms with Crippen molar-refractivity contribution in [2.45, 2.75) is 57.6 Å². The van der Waals surface area contributed by atoms with E-state index in [1.807, 2.05) is 17.0 Å². The number of piperidine rings is 1. The smallest absolute Gasteiger partial charge is 0.317 e. The van der Waals surface area contributed by atoms with Crippen molar-refractivity contribution in [3.05, 3.63) is 29.8 Å². The Hall–Kier alpha value is -1.75. The SMILES string of the molecule is Cc1ccc(OC2CN(C(=O)NCC3CCN(C4CCCC4)CC3)C2)cc1. The molecule has 0 bridgehead atoms. The number of benzene rings is 1. The molecule has 2 aliphatic heterocycles. The fraction of sp³-hybridized carbons (Fsp3) is 0.682. The first-order chi connectivity index (χ1) is 13.2. The number of rotatable bonds is 5. The molecule has 1 aromatic carbocycles. The number of nitrogens with one attached hydrogen (secondary N) is 1. The fourth-order valence-corrected chi connectivity index (χ4v) is 4.62. The summed E-state index contributed by atoms with van der Waals surface area (Å²) >= 11 is 0. The number of hydrogen-bond donors (Lipinski definition) is 1. The molecule has 2 amide bonds. The highest BCUT2D eigenvalue weighted by Crippen LogP contribution is 2.27. The van der Waals surface area contributed by atoms with Crippen molar-refractivity contribution in [3.63, 3.8) is 0 Å². The highest BCUT2D eigenvalue weighted by atomic mass is 16.5. The topological polar surface area (TPSA) is 44.8 Å². The highest BCUT2D eigenvalue weighted by molar-refractivity contribution is 5.75. The number of amides is 2. The molecular weight excluding hydrogens is 338 g/mol. The number of urea groups is 1. The van der Waals surface area contributed by atoms with Gasteiger partial charge in [0.25, 0.3) is 0 Å². The van der Waals surface area contributed by atoms with Crippen LogP contribution in [0.1, 0.15) is 44.1 Å². The Labute approximate surface area is 163 Å². The van der Waals surface area contributed by atoms with Crippen molar-refractivity contribution in [2.24, 2.45) is 5.92 Å². The lowest BCUT2D eigenvalue weighted by Gasteiger charge is -2.39. The molecule has 1 N–H and O–H groups in total. The third-order valence-corrected chi connectivity index (χ3v) is 6.49. The van der Waals surface area contributed by atoms with E-state index < -0.39 is 0 Å². The molecule has 1 aliphatic carbocycles. The maximum atomic E-state index is 12.3. The minimum atomic E-state index is 0.0666. The molecule has 5 heteroatoms. The van der Waals surface area contributed by atoms with Gasteiger partial charge >= 0.3 is 6.03 Å². The fourth-order valence-electron chi connectivity index (χ4n) is 4.62. The van der Waals surface area contributed by atoms with Crippen molar-refractivity contribution in [2.75, 3.05) is 32.7 Å². The molecule has 0 radical (unpaired) electrons. The van der Waals surface area contributed by atoms with Crippen molar-refractivity contribution >= 4 is 6.03 Å². The Kier molecular flexibility index (Phi) is 5.86. The maximum Gasteiger partial charge on any atom is 0.317 e.